The molecule has 3 aromatic carbocycles. The molecule has 0 unspecified atom stereocenters. The van der Waals surface area contributed by atoms with Gasteiger partial charge in [-0.1, -0.05) is 50.7 Å². The zero-order chi connectivity index (χ0) is 32.7. The van der Waals surface area contributed by atoms with Gasteiger partial charge in [0.1, 0.15) is 22.8 Å². The highest BCUT2D eigenvalue weighted by molar-refractivity contribution is 5.92. The second-order valence-electron chi connectivity index (χ2n) is 13.1. The maximum atomic E-state index is 12.6. The van der Waals surface area contributed by atoms with Gasteiger partial charge in [0.2, 0.25) is 0 Å². The molecule has 0 aliphatic heterocycles. The van der Waals surface area contributed by atoms with Crippen molar-refractivity contribution in [3.8, 4) is 17.2 Å². The number of benzene rings is 3. The number of hydrogen-bond acceptors (Lipinski definition) is 7. The van der Waals surface area contributed by atoms with Gasteiger partial charge in [-0.25, -0.2) is 4.79 Å². The number of methoxy groups -OCH3 is 1. The highest BCUT2D eigenvalue weighted by atomic mass is 16.6. The molecule has 0 spiro atoms. The Morgan fingerprint density at radius 2 is 1.22 bits per heavy atom. The molecule has 0 saturated carbocycles. The van der Waals surface area contributed by atoms with Crippen molar-refractivity contribution in [2.24, 2.45) is 0 Å². The normalized spacial score (nSPS) is 11.8. The Bertz CT molecular complexity index is 1340. The summed E-state index contributed by atoms with van der Waals surface area (Å²) in [5.74, 6) is 1.47. The van der Waals surface area contributed by atoms with E-state index < -0.39 is 17.2 Å². The Kier molecular flexibility index (Phi) is 14.2. The van der Waals surface area contributed by atoms with Gasteiger partial charge in [-0.05, 0) is 119 Å². The van der Waals surface area contributed by atoms with Crippen LogP contribution in [0.4, 0.5) is 0 Å². The Morgan fingerprint density at radius 1 is 0.667 bits per heavy atom. The van der Waals surface area contributed by atoms with Crippen LogP contribution in [-0.2, 0) is 9.53 Å². The third-order valence-corrected chi connectivity index (χ3v) is 7.82. The number of carbonyl (C=O) groups excluding carboxylic acids is 2. The van der Waals surface area contributed by atoms with Crippen LogP contribution in [0, 0.1) is 0 Å². The highest BCUT2D eigenvalue weighted by Crippen LogP contribution is 2.26. The van der Waals surface area contributed by atoms with E-state index in [0.29, 0.717) is 24.3 Å². The maximum Gasteiger partial charge on any atom is 0.343 e. The van der Waals surface area contributed by atoms with E-state index in [-0.39, 0.29) is 5.97 Å². The Labute approximate surface area is 269 Å². The Hall–Kier alpha value is -3.58. The number of fused-ring (bicyclic) bond motifs is 1. The van der Waals surface area contributed by atoms with E-state index in [1.54, 1.807) is 37.4 Å². The van der Waals surface area contributed by atoms with Crippen LogP contribution in [0.5, 0.6) is 17.2 Å². The van der Waals surface area contributed by atoms with Crippen molar-refractivity contribution < 1.29 is 33.6 Å². The summed E-state index contributed by atoms with van der Waals surface area (Å²) >= 11 is 0. The number of rotatable bonds is 20. The summed E-state index contributed by atoms with van der Waals surface area (Å²) in [4.78, 5) is 24.9. The van der Waals surface area contributed by atoms with Crippen LogP contribution < -0.4 is 14.2 Å². The summed E-state index contributed by atoms with van der Waals surface area (Å²) in [6.45, 7) is 8.25. The van der Waals surface area contributed by atoms with E-state index in [1.807, 2.05) is 58.0 Å². The van der Waals surface area contributed by atoms with Gasteiger partial charge in [0.05, 0.1) is 24.9 Å². The van der Waals surface area contributed by atoms with Gasteiger partial charge in [-0.2, -0.15) is 0 Å². The lowest BCUT2D eigenvalue weighted by Crippen LogP contribution is -2.28. The molecule has 0 heterocycles. The molecule has 1 N–H and O–H groups in total. The largest absolute Gasteiger partial charge is 0.497 e. The number of unbranched alkanes of at least 4 members (excludes halogenated alkanes) is 7. The average molecular weight is 621 g/mol. The average Bonchev–Trinajstić information content (AvgIpc) is 2.99. The second-order valence-corrected chi connectivity index (χ2v) is 13.1. The predicted octanol–water partition coefficient (Wildman–Crippen LogP) is 9.22. The monoisotopic (exact) mass is 620 g/mol. The molecule has 0 aliphatic rings. The topological polar surface area (TPSA) is 91.3 Å². The third-order valence-electron chi connectivity index (χ3n) is 7.82. The summed E-state index contributed by atoms with van der Waals surface area (Å²) in [5, 5.41) is 11.7. The van der Waals surface area contributed by atoms with Crippen molar-refractivity contribution in [3.05, 3.63) is 66.2 Å². The molecule has 45 heavy (non-hydrogen) atoms. The van der Waals surface area contributed by atoms with Gasteiger partial charge >= 0.3 is 11.9 Å². The van der Waals surface area contributed by atoms with E-state index >= 15 is 0 Å². The van der Waals surface area contributed by atoms with Gasteiger partial charge in [-0.15, -0.1) is 0 Å². The molecule has 0 atom stereocenters. The van der Waals surface area contributed by atoms with Crippen molar-refractivity contribution in [3.63, 3.8) is 0 Å². The van der Waals surface area contributed by atoms with Crippen LogP contribution in [0.25, 0.3) is 10.8 Å². The van der Waals surface area contributed by atoms with Gasteiger partial charge in [0.15, 0.2) is 0 Å². The van der Waals surface area contributed by atoms with E-state index in [2.05, 4.69) is 0 Å². The number of hydrogen-bond donors (Lipinski definition) is 1. The molecule has 246 valence electrons. The zero-order valence-electron chi connectivity index (χ0n) is 27.9. The van der Waals surface area contributed by atoms with E-state index in [4.69, 9.17) is 18.9 Å². The lowest BCUT2D eigenvalue weighted by Gasteiger charge is -2.25. The number of esters is 2. The molecule has 0 amide bonds. The maximum absolute atomic E-state index is 12.6. The van der Waals surface area contributed by atoms with Crippen molar-refractivity contribution in [2.45, 2.75) is 116 Å². The van der Waals surface area contributed by atoms with Crippen LogP contribution in [-0.4, -0.2) is 42.0 Å². The van der Waals surface area contributed by atoms with Crippen LogP contribution in [0.1, 0.15) is 115 Å². The summed E-state index contributed by atoms with van der Waals surface area (Å²) < 4.78 is 22.4. The Balaban J connectivity index is 1.23. The molecule has 0 aromatic heterocycles. The number of carbonyl (C=O) groups is 2. The summed E-state index contributed by atoms with van der Waals surface area (Å²) in [5.41, 5.74) is -0.606. The smallest absolute Gasteiger partial charge is 0.343 e. The fourth-order valence-corrected chi connectivity index (χ4v) is 5.21. The minimum absolute atomic E-state index is 0.124. The van der Waals surface area contributed by atoms with Gasteiger partial charge in [0.25, 0.3) is 0 Å². The van der Waals surface area contributed by atoms with Crippen LogP contribution in [0.2, 0.25) is 0 Å². The van der Waals surface area contributed by atoms with Crippen LogP contribution >= 0.6 is 0 Å². The summed E-state index contributed by atoms with van der Waals surface area (Å²) in [6, 6.07) is 18.3. The Morgan fingerprint density at radius 3 is 1.89 bits per heavy atom. The fraction of sp³-hybridized carbons (Fsp3) is 0.526. The first kappa shape index (κ1) is 35.9. The first-order chi connectivity index (χ1) is 21.4. The highest BCUT2D eigenvalue weighted by Gasteiger charge is 2.22. The summed E-state index contributed by atoms with van der Waals surface area (Å²) in [6.07, 6.45) is 11.2. The number of aliphatic hydroxyl groups is 1. The quantitative estimate of drug-likeness (QED) is 0.0765. The molecule has 7 nitrogen and oxygen atoms in total. The minimum atomic E-state index is -0.638. The lowest BCUT2D eigenvalue weighted by molar-refractivity contribution is -0.157. The van der Waals surface area contributed by atoms with E-state index in [1.165, 1.54) is 0 Å². The number of ether oxygens (including phenoxy) is 4. The SMILES string of the molecule is COc1ccc2cc(OC(=O)c3ccc(OCCCCCCCCC(C)(C)OC(=O)CCCCCC(C)(C)O)cc3)ccc2c1. The first-order valence-corrected chi connectivity index (χ1v) is 16.4. The van der Waals surface area contributed by atoms with Crippen molar-refractivity contribution in [1.29, 1.82) is 0 Å². The zero-order valence-corrected chi connectivity index (χ0v) is 27.9. The molecule has 0 fully saturated rings. The van der Waals surface area contributed by atoms with Gasteiger partial charge < -0.3 is 24.1 Å². The predicted molar refractivity (Wildman–Crippen MR) is 179 cm³/mol. The molecule has 3 aromatic rings. The van der Waals surface area contributed by atoms with Crippen molar-refractivity contribution >= 4 is 22.7 Å². The van der Waals surface area contributed by atoms with E-state index in [0.717, 1.165) is 92.9 Å². The van der Waals surface area contributed by atoms with Crippen LogP contribution in [0.15, 0.2) is 60.7 Å². The molecule has 0 saturated heterocycles. The van der Waals surface area contributed by atoms with E-state index in [9.17, 15) is 14.7 Å². The van der Waals surface area contributed by atoms with Crippen molar-refractivity contribution in [1.82, 2.24) is 0 Å². The standard InChI is InChI=1S/C38H52O7/c1-37(2,41)24-12-10-11-15-35(39)45-38(3,4)25-13-8-6-7-9-14-26-43-32-20-16-29(17-21-32)36(40)44-34-23-19-30-27-33(42-5)22-18-31(30)28-34/h16-23,27-28,41H,6-15,24-26H2,1-5H3. The molecular formula is C38H52O7. The van der Waals surface area contributed by atoms with Gasteiger partial charge in [-0.3, -0.25) is 4.79 Å². The molecule has 0 radical (unpaired) electrons. The fourth-order valence-electron chi connectivity index (χ4n) is 5.21. The molecule has 7 heteroatoms. The molecular weight excluding hydrogens is 568 g/mol. The molecule has 3 rings (SSSR count). The van der Waals surface area contributed by atoms with Gasteiger partial charge in [0, 0.05) is 6.42 Å². The minimum Gasteiger partial charge on any atom is -0.497 e. The first-order valence-electron chi connectivity index (χ1n) is 16.4. The second kappa shape index (κ2) is 17.8. The molecule has 0 bridgehead atoms. The lowest BCUT2D eigenvalue weighted by atomic mass is 9.99. The van der Waals surface area contributed by atoms with Crippen LogP contribution in [0.3, 0.4) is 0 Å². The third kappa shape index (κ3) is 13.9. The van der Waals surface area contributed by atoms with Crippen molar-refractivity contribution in [2.75, 3.05) is 13.7 Å². The molecule has 0 aliphatic carbocycles. The summed E-state index contributed by atoms with van der Waals surface area (Å²) in [7, 11) is 1.63.